The minimum atomic E-state index is -0.192. The summed E-state index contributed by atoms with van der Waals surface area (Å²) >= 11 is 13.3. The van der Waals surface area contributed by atoms with E-state index in [2.05, 4.69) is 22.1 Å². The van der Waals surface area contributed by atoms with Gasteiger partial charge in [0.1, 0.15) is 0 Å². The number of nitrogens with zero attached hydrogens (tertiary/aromatic N) is 4. The molecule has 9 heteroatoms. The zero-order valence-corrected chi connectivity index (χ0v) is 18.9. The molecule has 1 amide bonds. The summed E-state index contributed by atoms with van der Waals surface area (Å²) in [5.74, 6) is 0.697. The maximum atomic E-state index is 12.4. The number of aromatic nitrogens is 3. The number of halogens is 2. The number of thioether (sulfide) groups is 1. The van der Waals surface area contributed by atoms with Gasteiger partial charge in [-0.15, -0.1) is 16.8 Å². The van der Waals surface area contributed by atoms with Crippen molar-refractivity contribution >= 4 is 52.2 Å². The second-order valence-electron chi connectivity index (χ2n) is 6.65. The molecule has 1 aromatic heterocycles. The molecule has 0 saturated heterocycles. The summed E-state index contributed by atoms with van der Waals surface area (Å²) in [7, 11) is 3.97. The largest absolute Gasteiger partial charge is 0.378 e. The molecule has 3 rings (SSSR count). The number of carbonyl (C=O) groups is 1. The summed E-state index contributed by atoms with van der Waals surface area (Å²) in [5, 5.41) is 13.0. The molecule has 0 atom stereocenters. The average molecular weight is 462 g/mol. The Morgan fingerprint density at radius 2 is 1.93 bits per heavy atom. The lowest BCUT2D eigenvalue weighted by Crippen LogP contribution is -2.14. The highest BCUT2D eigenvalue weighted by atomic mass is 35.5. The minimum absolute atomic E-state index is 0.164. The SMILES string of the molecule is C=CCn1c(SCC(=O)Nc2cc(Cl)cc(Cl)c2)nnc1-c1cccc(N(C)C)c1. The van der Waals surface area contributed by atoms with Crippen molar-refractivity contribution in [3.8, 4) is 11.4 Å². The molecule has 0 aliphatic rings. The highest BCUT2D eigenvalue weighted by Crippen LogP contribution is 2.27. The van der Waals surface area contributed by atoms with Crippen LogP contribution in [0.5, 0.6) is 0 Å². The first kappa shape index (κ1) is 22.2. The number of hydrogen-bond acceptors (Lipinski definition) is 5. The number of allylic oxidation sites excluding steroid dienone is 1. The summed E-state index contributed by atoms with van der Waals surface area (Å²) < 4.78 is 1.94. The molecule has 1 N–H and O–H groups in total. The van der Waals surface area contributed by atoms with Crippen LogP contribution >= 0.6 is 35.0 Å². The number of nitrogens with one attached hydrogen (secondary N) is 1. The molecule has 3 aromatic rings. The predicted molar refractivity (Wildman–Crippen MR) is 126 cm³/mol. The van der Waals surface area contributed by atoms with Gasteiger partial charge >= 0.3 is 0 Å². The van der Waals surface area contributed by atoms with E-state index in [0.717, 1.165) is 17.1 Å². The second kappa shape index (κ2) is 10.0. The van der Waals surface area contributed by atoms with E-state index in [-0.39, 0.29) is 11.7 Å². The first-order valence-corrected chi connectivity index (χ1v) is 10.8. The first-order chi connectivity index (χ1) is 14.4. The third-order valence-electron chi connectivity index (χ3n) is 4.13. The number of carbonyl (C=O) groups excluding carboxylic acids is 1. The topological polar surface area (TPSA) is 63.1 Å². The monoisotopic (exact) mass is 461 g/mol. The molecular weight excluding hydrogens is 441 g/mol. The van der Waals surface area contributed by atoms with E-state index in [1.165, 1.54) is 11.8 Å². The Morgan fingerprint density at radius 3 is 2.60 bits per heavy atom. The van der Waals surface area contributed by atoms with Crippen LogP contribution in [-0.4, -0.2) is 40.5 Å². The van der Waals surface area contributed by atoms with Crippen LogP contribution < -0.4 is 10.2 Å². The van der Waals surface area contributed by atoms with Crippen molar-refractivity contribution < 1.29 is 4.79 Å². The summed E-state index contributed by atoms with van der Waals surface area (Å²) in [5.41, 5.74) is 2.56. The Balaban J connectivity index is 1.75. The van der Waals surface area contributed by atoms with Crippen molar-refractivity contribution in [3.05, 3.63) is 65.2 Å². The van der Waals surface area contributed by atoms with Crippen LogP contribution in [0.4, 0.5) is 11.4 Å². The molecule has 30 heavy (non-hydrogen) atoms. The zero-order valence-electron chi connectivity index (χ0n) is 16.6. The molecule has 0 bridgehead atoms. The van der Waals surface area contributed by atoms with Gasteiger partial charge in [-0.2, -0.15) is 0 Å². The Morgan fingerprint density at radius 1 is 1.20 bits per heavy atom. The smallest absolute Gasteiger partial charge is 0.234 e. The zero-order chi connectivity index (χ0) is 21.7. The third kappa shape index (κ3) is 5.56. The molecule has 0 aliphatic carbocycles. The number of rotatable bonds is 8. The summed E-state index contributed by atoms with van der Waals surface area (Å²) in [6.45, 7) is 4.36. The number of anilines is 2. The van der Waals surface area contributed by atoms with Gasteiger partial charge in [0.25, 0.3) is 0 Å². The predicted octanol–water partition coefficient (Wildman–Crippen LogP) is 5.23. The van der Waals surface area contributed by atoms with Crippen LogP contribution in [0, 0.1) is 0 Å². The van der Waals surface area contributed by atoms with Gasteiger partial charge < -0.3 is 10.2 Å². The van der Waals surface area contributed by atoms with Crippen molar-refractivity contribution in [3.63, 3.8) is 0 Å². The summed E-state index contributed by atoms with van der Waals surface area (Å²) in [6.07, 6.45) is 1.78. The molecule has 0 fully saturated rings. The van der Waals surface area contributed by atoms with Crippen molar-refractivity contribution in [1.29, 1.82) is 0 Å². The van der Waals surface area contributed by atoms with Crippen molar-refractivity contribution in [2.75, 3.05) is 30.1 Å². The van der Waals surface area contributed by atoms with Gasteiger partial charge in [0.15, 0.2) is 11.0 Å². The van der Waals surface area contributed by atoms with Gasteiger partial charge in [0.2, 0.25) is 5.91 Å². The van der Waals surface area contributed by atoms with E-state index >= 15 is 0 Å². The third-order valence-corrected chi connectivity index (χ3v) is 5.53. The Kier molecular flexibility index (Phi) is 7.42. The highest BCUT2D eigenvalue weighted by Gasteiger charge is 2.16. The lowest BCUT2D eigenvalue weighted by molar-refractivity contribution is -0.113. The van der Waals surface area contributed by atoms with E-state index in [1.54, 1.807) is 24.3 Å². The summed E-state index contributed by atoms with van der Waals surface area (Å²) in [4.78, 5) is 14.4. The molecule has 156 valence electrons. The van der Waals surface area contributed by atoms with Gasteiger partial charge in [-0.25, -0.2) is 0 Å². The lowest BCUT2D eigenvalue weighted by Gasteiger charge is -2.14. The van der Waals surface area contributed by atoms with Gasteiger partial charge in [0.05, 0.1) is 5.75 Å². The van der Waals surface area contributed by atoms with Gasteiger partial charge in [-0.1, -0.05) is 53.2 Å². The van der Waals surface area contributed by atoms with Crippen LogP contribution in [-0.2, 0) is 11.3 Å². The normalized spacial score (nSPS) is 10.7. The fourth-order valence-corrected chi connectivity index (χ4v) is 4.05. The number of benzene rings is 2. The van der Waals surface area contributed by atoms with Crippen molar-refractivity contribution in [2.24, 2.45) is 0 Å². The van der Waals surface area contributed by atoms with E-state index in [0.29, 0.717) is 27.4 Å². The van der Waals surface area contributed by atoms with Crippen molar-refractivity contribution in [2.45, 2.75) is 11.7 Å². The maximum absolute atomic E-state index is 12.4. The Labute approximate surface area is 189 Å². The summed E-state index contributed by atoms with van der Waals surface area (Å²) in [6, 6.07) is 12.9. The lowest BCUT2D eigenvalue weighted by atomic mass is 10.2. The molecule has 0 saturated carbocycles. The standard InChI is InChI=1S/C21H21Cl2N5OS/c1-4-8-28-20(14-6-5-7-18(9-14)27(2)3)25-26-21(28)30-13-19(29)24-17-11-15(22)10-16(23)12-17/h4-7,9-12H,1,8,13H2,2-3H3,(H,24,29). The molecule has 0 aliphatic heterocycles. The van der Waals surface area contributed by atoms with Gasteiger partial charge in [-0.3, -0.25) is 9.36 Å². The fraction of sp³-hybridized carbons (Fsp3) is 0.190. The molecule has 0 radical (unpaired) electrons. The van der Waals surface area contributed by atoms with E-state index in [9.17, 15) is 4.79 Å². The molecule has 0 unspecified atom stereocenters. The van der Waals surface area contributed by atoms with Crippen LogP contribution in [0.2, 0.25) is 10.0 Å². The van der Waals surface area contributed by atoms with Crippen LogP contribution in [0.15, 0.2) is 60.3 Å². The fourth-order valence-electron chi connectivity index (χ4n) is 2.78. The molecule has 0 spiro atoms. The van der Waals surface area contributed by atoms with Crippen LogP contribution in [0.3, 0.4) is 0 Å². The average Bonchev–Trinajstić information content (AvgIpc) is 3.08. The number of hydrogen-bond donors (Lipinski definition) is 1. The Hall–Kier alpha value is -2.48. The Bertz CT molecular complexity index is 1050. The molecular formula is C21H21Cl2N5OS. The molecule has 6 nitrogen and oxygen atoms in total. The van der Waals surface area contributed by atoms with E-state index in [1.807, 2.05) is 47.8 Å². The first-order valence-electron chi connectivity index (χ1n) is 9.08. The second-order valence-corrected chi connectivity index (χ2v) is 8.46. The maximum Gasteiger partial charge on any atom is 0.234 e. The molecule has 1 heterocycles. The van der Waals surface area contributed by atoms with Crippen LogP contribution in [0.25, 0.3) is 11.4 Å². The number of amides is 1. The quantitative estimate of drug-likeness (QED) is 0.367. The van der Waals surface area contributed by atoms with Crippen molar-refractivity contribution in [1.82, 2.24) is 14.8 Å². The van der Waals surface area contributed by atoms with Gasteiger partial charge in [0, 0.05) is 47.6 Å². The van der Waals surface area contributed by atoms with Gasteiger partial charge in [-0.05, 0) is 30.3 Å². The van der Waals surface area contributed by atoms with E-state index < -0.39 is 0 Å². The van der Waals surface area contributed by atoms with Crippen LogP contribution in [0.1, 0.15) is 0 Å². The minimum Gasteiger partial charge on any atom is -0.378 e. The molecule has 2 aromatic carbocycles. The van der Waals surface area contributed by atoms with E-state index in [4.69, 9.17) is 23.2 Å². The highest BCUT2D eigenvalue weighted by molar-refractivity contribution is 7.99.